The van der Waals surface area contributed by atoms with E-state index in [1.54, 1.807) is 18.2 Å². The predicted molar refractivity (Wildman–Crippen MR) is 125 cm³/mol. The molecule has 3 N–H and O–H groups in total. The molecule has 1 saturated heterocycles. The van der Waals surface area contributed by atoms with Gasteiger partial charge in [0.15, 0.2) is 5.11 Å². The average Bonchev–Trinajstić information content (AvgIpc) is 2.97. The first-order valence-electron chi connectivity index (χ1n) is 10.3. The Balaban J connectivity index is 1.84. The largest absolute Gasteiger partial charge is 0.507 e. The number of carbonyl (C=O) groups excluding carboxylic acids is 1. The van der Waals surface area contributed by atoms with E-state index in [1.807, 2.05) is 6.07 Å². The number of phenolic OH excluding ortho intramolecular Hbond substituents is 1. The molecule has 0 bridgehead atoms. The summed E-state index contributed by atoms with van der Waals surface area (Å²) >= 11 is 5.00. The number of rotatable bonds is 2. The molecule has 0 spiro atoms. The van der Waals surface area contributed by atoms with Gasteiger partial charge in [-0.05, 0) is 94.9 Å². The first-order valence-corrected chi connectivity index (χ1v) is 10.7. The van der Waals surface area contributed by atoms with E-state index in [1.165, 1.54) is 11.1 Å². The quantitative estimate of drug-likeness (QED) is 0.469. The molecule has 5 heteroatoms. The van der Waals surface area contributed by atoms with E-state index in [9.17, 15) is 9.90 Å². The van der Waals surface area contributed by atoms with E-state index in [0.29, 0.717) is 10.8 Å². The van der Waals surface area contributed by atoms with Crippen molar-refractivity contribution >= 4 is 29.3 Å². The Bertz CT molecular complexity index is 1110. The average molecular weight is 421 g/mol. The van der Waals surface area contributed by atoms with Crippen molar-refractivity contribution in [2.45, 2.75) is 58.3 Å². The maximum Gasteiger partial charge on any atom is 0.273 e. The molecule has 1 aliphatic heterocycles. The number of nitrogens with one attached hydrogen (secondary N) is 2. The number of phenols is 1. The summed E-state index contributed by atoms with van der Waals surface area (Å²) in [5.74, 6) is -0.0176. The Labute approximate surface area is 183 Å². The van der Waals surface area contributed by atoms with Gasteiger partial charge in [-0.3, -0.25) is 10.1 Å². The van der Waals surface area contributed by atoms with Crippen LogP contribution in [0.3, 0.4) is 0 Å². The van der Waals surface area contributed by atoms with Crippen molar-refractivity contribution in [1.82, 2.24) is 10.6 Å². The highest BCUT2D eigenvalue weighted by molar-refractivity contribution is 7.80. The van der Waals surface area contributed by atoms with Crippen LogP contribution in [0.2, 0.25) is 0 Å². The lowest BCUT2D eigenvalue weighted by Crippen LogP contribution is -2.34. The highest BCUT2D eigenvalue weighted by Gasteiger charge is 2.37. The van der Waals surface area contributed by atoms with Crippen LogP contribution >= 0.6 is 12.2 Å². The highest BCUT2D eigenvalue weighted by atomic mass is 32.1. The zero-order valence-corrected chi connectivity index (χ0v) is 19.0. The van der Waals surface area contributed by atoms with Crippen molar-refractivity contribution in [3.63, 3.8) is 0 Å². The van der Waals surface area contributed by atoms with E-state index in [-0.39, 0.29) is 22.5 Å². The molecule has 2 aromatic carbocycles. The standard InChI is InChI=1S/C25H28N2O2S/c1-14-10-18-19(25(4,5)9-8-24(18,2)3)13-16(14)17-11-15(6-7-21(17)28)12-20-22(29)27-23(30)26-20/h6-7,10-13,28H,8-9H2,1-5H3,(H2,26,27,29,30). The fraction of sp³-hybridized carbons (Fsp3) is 0.360. The van der Waals surface area contributed by atoms with Gasteiger partial charge in [0.25, 0.3) is 5.91 Å². The zero-order valence-electron chi connectivity index (χ0n) is 18.1. The summed E-state index contributed by atoms with van der Waals surface area (Å²) in [5, 5.41) is 16.4. The smallest absolute Gasteiger partial charge is 0.273 e. The van der Waals surface area contributed by atoms with Gasteiger partial charge in [-0.25, -0.2) is 0 Å². The number of aromatic hydroxyl groups is 1. The normalized spacial score (nSPS) is 20.6. The molecule has 2 aromatic rings. The van der Waals surface area contributed by atoms with Gasteiger partial charge in [0.05, 0.1) is 0 Å². The van der Waals surface area contributed by atoms with Crippen LogP contribution in [-0.4, -0.2) is 16.1 Å². The van der Waals surface area contributed by atoms with Crippen molar-refractivity contribution in [1.29, 1.82) is 0 Å². The molecule has 0 unspecified atom stereocenters. The number of benzene rings is 2. The first-order chi connectivity index (χ1) is 14.0. The van der Waals surface area contributed by atoms with Crippen molar-refractivity contribution in [2.75, 3.05) is 0 Å². The van der Waals surface area contributed by atoms with E-state index in [4.69, 9.17) is 12.2 Å². The lowest BCUT2D eigenvalue weighted by Gasteiger charge is -2.42. The fourth-order valence-corrected chi connectivity index (χ4v) is 4.72. The minimum Gasteiger partial charge on any atom is -0.507 e. The van der Waals surface area contributed by atoms with Crippen LogP contribution in [-0.2, 0) is 15.6 Å². The van der Waals surface area contributed by atoms with Crippen LogP contribution in [0.1, 0.15) is 62.8 Å². The number of thiocarbonyl (C=S) groups is 1. The monoisotopic (exact) mass is 420 g/mol. The second kappa shape index (κ2) is 6.95. The van der Waals surface area contributed by atoms with Crippen LogP contribution < -0.4 is 10.6 Å². The van der Waals surface area contributed by atoms with Crippen LogP contribution in [0.4, 0.5) is 0 Å². The number of aryl methyl sites for hydroxylation is 1. The van der Waals surface area contributed by atoms with Gasteiger partial charge in [-0.1, -0.05) is 39.8 Å². The van der Waals surface area contributed by atoms with E-state index >= 15 is 0 Å². The topological polar surface area (TPSA) is 61.4 Å². The van der Waals surface area contributed by atoms with Crippen molar-refractivity contribution in [3.05, 3.63) is 58.3 Å². The Kier molecular flexibility index (Phi) is 4.77. The van der Waals surface area contributed by atoms with Gasteiger partial charge >= 0.3 is 0 Å². The van der Waals surface area contributed by atoms with E-state index < -0.39 is 0 Å². The van der Waals surface area contributed by atoms with Gasteiger partial charge in [-0.15, -0.1) is 0 Å². The molecule has 0 atom stereocenters. The van der Waals surface area contributed by atoms with Crippen LogP contribution in [0.5, 0.6) is 5.75 Å². The molecule has 156 valence electrons. The number of hydrogen-bond donors (Lipinski definition) is 3. The van der Waals surface area contributed by atoms with Crippen molar-refractivity contribution in [3.8, 4) is 16.9 Å². The van der Waals surface area contributed by atoms with Gasteiger partial charge in [0.1, 0.15) is 11.4 Å². The van der Waals surface area contributed by atoms with Gasteiger partial charge in [0, 0.05) is 5.56 Å². The maximum absolute atomic E-state index is 12.0. The molecule has 1 aliphatic carbocycles. The number of carbonyl (C=O) groups is 1. The van der Waals surface area contributed by atoms with Crippen LogP contribution in [0.25, 0.3) is 17.2 Å². The Morgan fingerprint density at radius 2 is 1.60 bits per heavy atom. The Morgan fingerprint density at radius 1 is 0.967 bits per heavy atom. The predicted octanol–water partition coefficient (Wildman–Crippen LogP) is 5.06. The van der Waals surface area contributed by atoms with Gasteiger partial charge in [-0.2, -0.15) is 0 Å². The minimum absolute atomic E-state index is 0.0874. The van der Waals surface area contributed by atoms with Crippen molar-refractivity contribution in [2.24, 2.45) is 0 Å². The third kappa shape index (κ3) is 3.52. The minimum atomic E-state index is -0.247. The summed E-state index contributed by atoms with van der Waals surface area (Å²) < 4.78 is 0. The summed E-state index contributed by atoms with van der Waals surface area (Å²) in [5.41, 5.74) is 7.14. The molecule has 0 aromatic heterocycles. The molecule has 1 heterocycles. The SMILES string of the molecule is Cc1cc2c(cc1-c1cc(C=C3NC(=S)NC3=O)ccc1O)C(C)(C)CCC2(C)C. The number of amides is 1. The summed E-state index contributed by atoms with van der Waals surface area (Å²) in [7, 11) is 0. The molecule has 2 aliphatic rings. The molecule has 0 saturated carbocycles. The third-order valence-electron chi connectivity index (χ3n) is 6.54. The summed E-state index contributed by atoms with van der Waals surface area (Å²) in [4.78, 5) is 12.0. The highest BCUT2D eigenvalue weighted by Crippen LogP contribution is 2.48. The molecule has 4 nitrogen and oxygen atoms in total. The summed E-state index contributed by atoms with van der Waals surface area (Å²) in [6.45, 7) is 11.3. The third-order valence-corrected chi connectivity index (χ3v) is 6.74. The molecular formula is C25H28N2O2S. The van der Waals surface area contributed by atoms with Gasteiger partial charge in [0.2, 0.25) is 0 Å². The van der Waals surface area contributed by atoms with Crippen LogP contribution in [0.15, 0.2) is 36.0 Å². The van der Waals surface area contributed by atoms with E-state index in [0.717, 1.165) is 35.1 Å². The van der Waals surface area contributed by atoms with Crippen molar-refractivity contribution < 1.29 is 9.90 Å². The Morgan fingerprint density at radius 3 is 2.20 bits per heavy atom. The maximum atomic E-state index is 12.0. The van der Waals surface area contributed by atoms with E-state index in [2.05, 4.69) is 57.4 Å². The Hall–Kier alpha value is -2.66. The molecule has 4 rings (SSSR count). The first kappa shape index (κ1) is 20.6. The molecule has 30 heavy (non-hydrogen) atoms. The molecule has 1 amide bonds. The summed E-state index contributed by atoms with van der Waals surface area (Å²) in [6, 6.07) is 9.95. The molecule has 1 fully saturated rings. The van der Waals surface area contributed by atoms with Crippen LogP contribution in [0, 0.1) is 6.92 Å². The lowest BCUT2D eigenvalue weighted by atomic mass is 9.62. The second-order valence-electron chi connectivity index (χ2n) is 9.72. The summed E-state index contributed by atoms with van der Waals surface area (Å²) in [6.07, 6.45) is 4.05. The molecular weight excluding hydrogens is 392 g/mol. The fourth-order valence-electron chi connectivity index (χ4n) is 4.52. The lowest BCUT2D eigenvalue weighted by molar-refractivity contribution is -0.115. The number of hydrogen-bond acceptors (Lipinski definition) is 3. The molecule has 0 radical (unpaired) electrons. The second-order valence-corrected chi connectivity index (χ2v) is 10.1. The van der Waals surface area contributed by atoms with Gasteiger partial charge < -0.3 is 10.4 Å². The number of fused-ring (bicyclic) bond motifs is 1. The zero-order chi connectivity index (χ0) is 21.8.